The smallest absolute Gasteiger partial charge is 0.244 e. The Morgan fingerprint density at radius 1 is 1.28 bits per heavy atom. The van der Waals surface area contributed by atoms with Crippen molar-refractivity contribution in [3.05, 3.63) is 23.4 Å². The van der Waals surface area contributed by atoms with Crippen LogP contribution in [0.1, 0.15) is 32.7 Å². The molecule has 0 saturated carbocycles. The lowest BCUT2D eigenvalue weighted by atomic mass is 10.0. The predicted molar refractivity (Wildman–Crippen MR) is 97.0 cm³/mol. The van der Waals surface area contributed by atoms with E-state index in [-0.39, 0.29) is 23.9 Å². The maximum Gasteiger partial charge on any atom is 0.244 e. The molecule has 0 aliphatic carbocycles. The Hall–Kier alpha value is -1.77. The fraction of sp³-hybridized carbons (Fsp3) is 0.588. The molecule has 0 bridgehead atoms. The number of nitrogens with two attached hydrogens (primary N) is 1. The number of carbonyl (C=O) groups is 1. The van der Waals surface area contributed by atoms with Gasteiger partial charge in [0.25, 0.3) is 0 Å². The fourth-order valence-corrected chi connectivity index (χ4v) is 3.56. The van der Waals surface area contributed by atoms with E-state index >= 15 is 0 Å². The summed E-state index contributed by atoms with van der Waals surface area (Å²) < 4.78 is 5.45. The van der Waals surface area contributed by atoms with Gasteiger partial charge in [0, 0.05) is 32.2 Å². The van der Waals surface area contributed by atoms with E-state index < -0.39 is 0 Å². The van der Waals surface area contributed by atoms with Crippen LogP contribution in [-0.2, 0) is 4.79 Å². The molecule has 2 aromatic heterocycles. The van der Waals surface area contributed by atoms with Crippen molar-refractivity contribution in [1.82, 2.24) is 19.9 Å². The zero-order valence-corrected chi connectivity index (χ0v) is 15.7. The van der Waals surface area contributed by atoms with Crippen LogP contribution >= 0.6 is 11.3 Å². The number of thiophene rings is 1. The summed E-state index contributed by atoms with van der Waals surface area (Å²) in [7, 11) is 0. The molecule has 2 N–H and O–H groups in total. The van der Waals surface area contributed by atoms with Gasteiger partial charge in [0.1, 0.15) is 0 Å². The highest BCUT2D eigenvalue weighted by Gasteiger charge is 2.30. The van der Waals surface area contributed by atoms with Crippen LogP contribution in [-0.4, -0.2) is 58.1 Å². The van der Waals surface area contributed by atoms with Crippen LogP contribution in [0.3, 0.4) is 0 Å². The Bertz CT molecular complexity index is 692. The lowest BCUT2D eigenvalue weighted by molar-refractivity contribution is -0.137. The molecular weight excluding hydrogens is 338 g/mol. The molecule has 3 unspecified atom stereocenters. The maximum absolute atomic E-state index is 12.4. The minimum absolute atomic E-state index is 0.0318. The molecule has 1 amide bonds. The third-order valence-corrected chi connectivity index (χ3v) is 5.76. The number of amides is 1. The first-order chi connectivity index (χ1) is 12.0. The molecule has 25 heavy (non-hydrogen) atoms. The van der Waals surface area contributed by atoms with E-state index in [1.165, 1.54) is 0 Å². The first kappa shape index (κ1) is 18.0. The topological polar surface area (TPSA) is 88.5 Å². The van der Waals surface area contributed by atoms with Gasteiger partial charge in [-0.25, -0.2) is 0 Å². The molecule has 136 valence electrons. The minimum atomic E-state index is -0.145. The third-order valence-electron chi connectivity index (χ3n) is 4.89. The van der Waals surface area contributed by atoms with E-state index in [4.69, 9.17) is 10.3 Å². The molecule has 1 aliphatic heterocycles. The summed E-state index contributed by atoms with van der Waals surface area (Å²) in [5.74, 6) is 1.25. The third kappa shape index (κ3) is 3.91. The first-order valence-electron chi connectivity index (χ1n) is 8.63. The van der Waals surface area contributed by atoms with Crippen molar-refractivity contribution in [2.75, 3.05) is 26.2 Å². The zero-order chi connectivity index (χ0) is 18.0. The number of rotatable bonds is 5. The van der Waals surface area contributed by atoms with Crippen molar-refractivity contribution in [3.63, 3.8) is 0 Å². The van der Waals surface area contributed by atoms with E-state index in [1.54, 1.807) is 11.3 Å². The number of hydrogen-bond donors (Lipinski definition) is 1. The van der Waals surface area contributed by atoms with Crippen molar-refractivity contribution >= 4 is 17.2 Å². The van der Waals surface area contributed by atoms with Gasteiger partial charge in [-0.3, -0.25) is 9.69 Å². The van der Waals surface area contributed by atoms with Crippen molar-refractivity contribution in [1.29, 1.82) is 0 Å². The quantitative estimate of drug-likeness (QED) is 0.874. The molecule has 0 aromatic carbocycles. The summed E-state index contributed by atoms with van der Waals surface area (Å²) in [6, 6.07) is 3.86. The van der Waals surface area contributed by atoms with Gasteiger partial charge in [0.05, 0.1) is 16.8 Å². The Kier molecular flexibility index (Phi) is 5.51. The number of piperazine rings is 1. The number of hydrogen-bond acceptors (Lipinski definition) is 7. The number of carbonyl (C=O) groups excluding carboxylic acids is 1. The summed E-state index contributed by atoms with van der Waals surface area (Å²) in [6.45, 7) is 8.81. The molecule has 1 aliphatic rings. The van der Waals surface area contributed by atoms with Crippen LogP contribution in [0, 0.1) is 5.92 Å². The minimum Gasteiger partial charge on any atom is -0.340 e. The van der Waals surface area contributed by atoms with Crippen molar-refractivity contribution in [2.24, 2.45) is 11.7 Å². The Morgan fingerprint density at radius 3 is 2.60 bits per heavy atom. The Labute approximate surface area is 151 Å². The highest BCUT2D eigenvalue weighted by atomic mass is 32.1. The van der Waals surface area contributed by atoms with Gasteiger partial charge in [-0.1, -0.05) is 18.1 Å². The van der Waals surface area contributed by atoms with Crippen LogP contribution in [0.2, 0.25) is 0 Å². The lowest BCUT2D eigenvalue weighted by Gasteiger charge is -2.38. The largest absolute Gasteiger partial charge is 0.340 e. The number of aromatic nitrogens is 2. The monoisotopic (exact) mass is 363 g/mol. The van der Waals surface area contributed by atoms with Crippen molar-refractivity contribution < 1.29 is 9.32 Å². The van der Waals surface area contributed by atoms with E-state index in [9.17, 15) is 4.79 Å². The predicted octanol–water partition coefficient (Wildman–Crippen LogP) is 1.99. The van der Waals surface area contributed by atoms with Gasteiger partial charge in [-0.2, -0.15) is 4.98 Å². The summed E-state index contributed by atoms with van der Waals surface area (Å²) in [6.07, 6.45) is 0. The Morgan fingerprint density at radius 2 is 2.00 bits per heavy atom. The second-order valence-electron chi connectivity index (χ2n) is 6.62. The summed E-state index contributed by atoms with van der Waals surface area (Å²) in [5.41, 5.74) is 5.85. The molecule has 1 saturated heterocycles. The van der Waals surface area contributed by atoms with Crippen LogP contribution < -0.4 is 5.73 Å². The van der Waals surface area contributed by atoms with Gasteiger partial charge >= 0.3 is 0 Å². The van der Waals surface area contributed by atoms with Crippen LogP contribution in [0.25, 0.3) is 10.7 Å². The molecule has 1 fully saturated rings. The molecule has 2 aromatic rings. The molecule has 3 atom stereocenters. The second-order valence-corrected chi connectivity index (χ2v) is 7.57. The van der Waals surface area contributed by atoms with Crippen molar-refractivity contribution in [3.8, 4) is 10.7 Å². The first-order valence-corrected chi connectivity index (χ1v) is 9.51. The highest BCUT2D eigenvalue weighted by Crippen LogP contribution is 2.26. The van der Waals surface area contributed by atoms with Crippen LogP contribution in [0.4, 0.5) is 0 Å². The fourth-order valence-electron chi connectivity index (χ4n) is 2.91. The van der Waals surface area contributed by atoms with Crippen molar-refractivity contribution in [2.45, 2.75) is 32.9 Å². The van der Waals surface area contributed by atoms with E-state index in [2.05, 4.69) is 22.0 Å². The molecule has 7 nitrogen and oxygen atoms in total. The molecule has 0 spiro atoms. The number of nitrogens with zero attached hydrogens (tertiary/aromatic N) is 4. The summed E-state index contributed by atoms with van der Waals surface area (Å²) in [4.78, 5) is 22.1. The van der Waals surface area contributed by atoms with E-state index in [0.29, 0.717) is 24.8 Å². The maximum atomic E-state index is 12.4. The molecule has 8 heteroatoms. The molecule has 3 heterocycles. The molecule has 0 radical (unpaired) electrons. The summed E-state index contributed by atoms with van der Waals surface area (Å²) >= 11 is 1.59. The molecule has 3 rings (SSSR count). The zero-order valence-electron chi connectivity index (χ0n) is 14.9. The lowest BCUT2D eigenvalue weighted by Crippen LogP contribution is -2.52. The van der Waals surface area contributed by atoms with Gasteiger partial charge < -0.3 is 15.2 Å². The average molecular weight is 363 g/mol. The van der Waals surface area contributed by atoms with Gasteiger partial charge in [0.2, 0.25) is 17.6 Å². The highest BCUT2D eigenvalue weighted by molar-refractivity contribution is 7.13. The SMILES string of the molecule is CC(N)C(C)C(=O)N1CCN(C(C)c2nc(-c3cccs3)no2)CC1. The second kappa shape index (κ2) is 7.63. The Balaban J connectivity index is 1.58. The summed E-state index contributed by atoms with van der Waals surface area (Å²) in [5, 5.41) is 6.07. The van der Waals surface area contributed by atoms with Gasteiger partial charge in [0.15, 0.2) is 0 Å². The average Bonchev–Trinajstić information content (AvgIpc) is 3.31. The standard InChI is InChI=1S/C17H25N5O2S/c1-11(12(2)18)17(23)22-8-6-21(7-9-22)13(3)16-19-15(20-24-16)14-5-4-10-25-14/h4-5,10-13H,6-9,18H2,1-3H3. The molecular formula is C17H25N5O2S. The van der Waals surface area contributed by atoms with Gasteiger partial charge in [-0.15, -0.1) is 11.3 Å². The van der Waals surface area contributed by atoms with E-state index in [1.807, 2.05) is 36.3 Å². The van der Waals surface area contributed by atoms with E-state index in [0.717, 1.165) is 18.0 Å². The normalized spacial score (nSPS) is 19.6. The van der Waals surface area contributed by atoms with Crippen LogP contribution in [0.5, 0.6) is 0 Å². The van der Waals surface area contributed by atoms with Crippen LogP contribution in [0.15, 0.2) is 22.0 Å². The van der Waals surface area contributed by atoms with Gasteiger partial charge in [-0.05, 0) is 25.3 Å².